The summed E-state index contributed by atoms with van der Waals surface area (Å²) in [6.45, 7) is 4.03. The Bertz CT molecular complexity index is 753. The summed E-state index contributed by atoms with van der Waals surface area (Å²) < 4.78 is 5.09. The predicted octanol–water partition coefficient (Wildman–Crippen LogP) is 3.34. The molecule has 2 aliphatic rings. The molecule has 3 rings (SSSR count). The number of carbonyl (C=O) groups excluding carboxylic acids is 2. The van der Waals surface area contributed by atoms with Crippen LogP contribution in [0.3, 0.4) is 0 Å². The lowest BCUT2D eigenvalue weighted by Crippen LogP contribution is -2.36. The van der Waals surface area contributed by atoms with Gasteiger partial charge in [0.2, 0.25) is 5.91 Å². The average molecular weight is 377 g/mol. The van der Waals surface area contributed by atoms with Gasteiger partial charge in [-0.25, -0.2) is 4.79 Å². The van der Waals surface area contributed by atoms with Gasteiger partial charge in [0.15, 0.2) is 0 Å². The molecule has 1 fully saturated rings. The van der Waals surface area contributed by atoms with Crippen LogP contribution in [0.15, 0.2) is 18.2 Å². The second-order valence-electron chi connectivity index (χ2n) is 6.75. The standard InChI is InChI=1S/C19H23NO5S/c1-3-5-12-9-13(19(24)25-4-2)17(26-12)20-16(21)14-10-6-7-11(8-10)15(14)18(22)23/h6-7,9-11,14-15H,3-5,8H2,1-2H3,(H,20,21)(H,22,23)/t10-,11-,14+,15-/m0/s1. The first-order chi connectivity index (χ1) is 12.5. The van der Waals surface area contributed by atoms with Gasteiger partial charge in [-0.2, -0.15) is 0 Å². The molecule has 1 aromatic heterocycles. The van der Waals surface area contributed by atoms with E-state index in [0.717, 1.165) is 17.7 Å². The Balaban J connectivity index is 1.83. The number of hydrogen-bond donors (Lipinski definition) is 2. The maximum absolute atomic E-state index is 12.9. The molecule has 0 saturated heterocycles. The Morgan fingerprint density at radius 1 is 1.23 bits per heavy atom. The van der Waals surface area contributed by atoms with Crippen molar-refractivity contribution in [2.45, 2.75) is 33.1 Å². The number of allylic oxidation sites excluding steroid dienone is 2. The first-order valence-electron chi connectivity index (χ1n) is 8.98. The molecule has 140 valence electrons. The number of hydrogen-bond acceptors (Lipinski definition) is 5. The molecule has 2 bridgehead atoms. The third kappa shape index (κ3) is 3.40. The van der Waals surface area contributed by atoms with E-state index in [-0.39, 0.29) is 24.3 Å². The summed E-state index contributed by atoms with van der Waals surface area (Å²) in [6, 6.07) is 1.76. The number of aryl methyl sites for hydroxylation is 1. The van der Waals surface area contributed by atoms with E-state index in [1.807, 2.05) is 19.1 Å². The van der Waals surface area contributed by atoms with Crippen molar-refractivity contribution in [2.75, 3.05) is 11.9 Å². The van der Waals surface area contributed by atoms with Crippen LogP contribution < -0.4 is 5.32 Å². The van der Waals surface area contributed by atoms with Gasteiger partial charge in [-0.05, 0) is 37.7 Å². The topological polar surface area (TPSA) is 92.7 Å². The molecule has 1 heterocycles. The Morgan fingerprint density at radius 2 is 1.92 bits per heavy atom. The molecule has 0 unspecified atom stereocenters. The molecule has 1 aromatic rings. The molecule has 1 saturated carbocycles. The number of esters is 1. The molecule has 0 aliphatic heterocycles. The number of carboxylic acid groups (broad SMARTS) is 1. The van der Waals surface area contributed by atoms with Crippen LogP contribution in [0.25, 0.3) is 0 Å². The van der Waals surface area contributed by atoms with E-state index in [0.29, 0.717) is 17.0 Å². The number of nitrogens with one attached hydrogen (secondary N) is 1. The highest BCUT2D eigenvalue weighted by Crippen LogP contribution is 2.48. The van der Waals surface area contributed by atoms with Crippen LogP contribution in [0, 0.1) is 23.7 Å². The Labute approximate surface area is 156 Å². The van der Waals surface area contributed by atoms with E-state index < -0.39 is 23.8 Å². The van der Waals surface area contributed by atoms with Gasteiger partial charge < -0.3 is 15.2 Å². The van der Waals surface area contributed by atoms with E-state index in [9.17, 15) is 19.5 Å². The monoisotopic (exact) mass is 377 g/mol. The average Bonchev–Trinajstić information content (AvgIpc) is 3.29. The van der Waals surface area contributed by atoms with Crippen LogP contribution in [0.1, 0.15) is 41.9 Å². The molecule has 0 radical (unpaired) electrons. The lowest BCUT2D eigenvalue weighted by molar-refractivity contribution is -0.146. The minimum atomic E-state index is -0.939. The number of anilines is 1. The lowest BCUT2D eigenvalue weighted by Gasteiger charge is -2.23. The van der Waals surface area contributed by atoms with Crippen LogP contribution in [0.2, 0.25) is 0 Å². The van der Waals surface area contributed by atoms with E-state index in [4.69, 9.17) is 4.74 Å². The first kappa shape index (κ1) is 18.6. The predicted molar refractivity (Wildman–Crippen MR) is 98.3 cm³/mol. The minimum absolute atomic E-state index is 0.0535. The molecular weight excluding hydrogens is 354 g/mol. The molecule has 0 spiro atoms. The van der Waals surface area contributed by atoms with Gasteiger partial charge >= 0.3 is 11.9 Å². The number of ether oxygens (including phenoxy) is 1. The van der Waals surface area contributed by atoms with Gasteiger partial charge in [-0.15, -0.1) is 11.3 Å². The van der Waals surface area contributed by atoms with Gasteiger partial charge in [-0.3, -0.25) is 9.59 Å². The summed E-state index contributed by atoms with van der Waals surface area (Å²) in [5.41, 5.74) is 0.347. The first-order valence-corrected chi connectivity index (χ1v) is 9.79. The largest absolute Gasteiger partial charge is 0.481 e. The molecule has 26 heavy (non-hydrogen) atoms. The van der Waals surface area contributed by atoms with E-state index in [1.165, 1.54) is 11.3 Å². The SMILES string of the molecule is CCCc1cc(C(=O)OCC)c(NC(=O)[C@H]2[C@@H](C(=O)O)[C@H]3C=C[C@H]2C3)s1. The van der Waals surface area contributed by atoms with E-state index in [1.54, 1.807) is 13.0 Å². The molecule has 6 nitrogen and oxygen atoms in total. The summed E-state index contributed by atoms with van der Waals surface area (Å²) in [5, 5.41) is 12.8. The van der Waals surface area contributed by atoms with Crippen molar-refractivity contribution < 1.29 is 24.2 Å². The number of fused-ring (bicyclic) bond motifs is 2. The summed E-state index contributed by atoms with van der Waals surface area (Å²) in [7, 11) is 0. The summed E-state index contributed by atoms with van der Waals surface area (Å²) in [6.07, 6.45) is 6.28. The molecule has 7 heteroatoms. The van der Waals surface area contributed by atoms with Gasteiger partial charge in [0, 0.05) is 4.88 Å². The zero-order valence-corrected chi connectivity index (χ0v) is 15.7. The van der Waals surface area contributed by atoms with Gasteiger partial charge in [0.1, 0.15) is 5.00 Å². The van der Waals surface area contributed by atoms with Crippen molar-refractivity contribution in [3.05, 3.63) is 28.7 Å². The number of carboxylic acids is 1. The second kappa shape index (κ2) is 7.61. The Morgan fingerprint density at radius 3 is 2.54 bits per heavy atom. The van der Waals surface area contributed by atoms with Crippen LogP contribution in [0.4, 0.5) is 5.00 Å². The van der Waals surface area contributed by atoms with Crippen molar-refractivity contribution in [3.8, 4) is 0 Å². The van der Waals surface area contributed by atoms with Crippen molar-refractivity contribution in [3.63, 3.8) is 0 Å². The number of amides is 1. The van der Waals surface area contributed by atoms with Gasteiger partial charge in [0.05, 0.1) is 24.0 Å². The Kier molecular flexibility index (Phi) is 5.46. The van der Waals surface area contributed by atoms with Crippen molar-refractivity contribution in [2.24, 2.45) is 23.7 Å². The number of thiophene rings is 1. The smallest absolute Gasteiger partial charge is 0.341 e. The summed E-state index contributed by atoms with van der Waals surface area (Å²) in [5.74, 6) is -3.18. The second-order valence-corrected chi connectivity index (χ2v) is 7.89. The van der Waals surface area contributed by atoms with Crippen molar-refractivity contribution >= 4 is 34.2 Å². The zero-order valence-electron chi connectivity index (χ0n) is 14.9. The van der Waals surface area contributed by atoms with Gasteiger partial charge in [-0.1, -0.05) is 25.5 Å². The van der Waals surface area contributed by atoms with Crippen LogP contribution in [-0.2, 0) is 20.7 Å². The third-order valence-electron chi connectivity index (χ3n) is 5.06. The Hall–Kier alpha value is -2.15. The van der Waals surface area contributed by atoms with E-state index >= 15 is 0 Å². The quantitative estimate of drug-likeness (QED) is 0.562. The van der Waals surface area contributed by atoms with Gasteiger partial charge in [0.25, 0.3) is 0 Å². The fraction of sp³-hybridized carbons (Fsp3) is 0.526. The lowest BCUT2D eigenvalue weighted by atomic mass is 9.82. The molecule has 2 N–H and O–H groups in total. The molecule has 1 amide bonds. The highest BCUT2D eigenvalue weighted by Gasteiger charge is 2.51. The number of rotatable bonds is 7. The summed E-state index contributed by atoms with van der Waals surface area (Å²) in [4.78, 5) is 37.7. The maximum Gasteiger partial charge on any atom is 0.341 e. The highest BCUT2D eigenvalue weighted by atomic mass is 32.1. The summed E-state index contributed by atoms with van der Waals surface area (Å²) >= 11 is 1.36. The van der Waals surface area contributed by atoms with Crippen molar-refractivity contribution in [1.29, 1.82) is 0 Å². The van der Waals surface area contributed by atoms with Crippen molar-refractivity contribution in [1.82, 2.24) is 0 Å². The van der Waals surface area contributed by atoms with Crippen LogP contribution in [-0.4, -0.2) is 29.6 Å². The zero-order chi connectivity index (χ0) is 18.8. The molecule has 2 aliphatic carbocycles. The fourth-order valence-corrected chi connectivity index (χ4v) is 5.13. The minimum Gasteiger partial charge on any atom is -0.481 e. The fourth-order valence-electron chi connectivity index (χ4n) is 3.98. The third-order valence-corrected chi connectivity index (χ3v) is 6.17. The molecule has 4 atom stereocenters. The molecule has 0 aromatic carbocycles. The maximum atomic E-state index is 12.9. The van der Waals surface area contributed by atoms with Crippen LogP contribution in [0.5, 0.6) is 0 Å². The normalized spacial score (nSPS) is 26.1. The highest BCUT2D eigenvalue weighted by molar-refractivity contribution is 7.16. The molecular formula is C19H23NO5S. The van der Waals surface area contributed by atoms with E-state index in [2.05, 4.69) is 5.32 Å². The van der Waals surface area contributed by atoms with Crippen LogP contribution >= 0.6 is 11.3 Å². The number of aliphatic carboxylic acids is 1. The number of carbonyl (C=O) groups is 3.